The van der Waals surface area contributed by atoms with E-state index in [4.69, 9.17) is 0 Å². The molecule has 0 aliphatic heterocycles. The molecule has 0 saturated heterocycles. The van der Waals surface area contributed by atoms with Crippen molar-refractivity contribution >= 4 is 34.8 Å². The minimum atomic E-state index is -4.36. The Hall–Kier alpha value is -2.84. The molecule has 32 heavy (non-hydrogen) atoms. The predicted molar refractivity (Wildman–Crippen MR) is 118 cm³/mol. The molecule has 0 bridgehead atoms. The molecular formula is C24H14F6S2. The quantitative estimate of drug-likeness (QED) is 0.255. The van der Waals surface area contributed by atoms with Crippen LogP contribution in [-0.4, -0.2) is 0 Å². The molecular weight excluding hydrogens is 466 g/mol. The highest BCUT2D eigenvalue weighted by Crippen LogP contribution is 2.35. The lowest BCUT2D eigenvalue weighted by molar-refractivity contribution is -0.138. The lowest BCUT2D eigenvalue weighted by Crippen LogP contribution is -2.03. The summed E-state index contributed by atoms with van der Waals surface area (Å²) >= 11 is 2.91. The first-order chi connectivity index (χ1) is 15.1. The maximum atomic E-state index is 12.7. The summed E-state index contributed by atoms with van der Waals surface area (Å²) in [7, 11) is 0. The van der Waals surface area contributed by atoms with Crippen LogP contribution in [0.5, 0.6) is 0 Å². The zero-order valence-electron chi connectivity index (χ0n) is 16.2. The summed E-state index contributed by atoms with van der Waals surface area (Å²) in [6.45, 7) is 0. The van der Waals surface area contributed by atoms with Gasteiger partial charge >= 0.3 is 12.4 Å². The Labute approximate surface area is 188 Å². The second kappa shape index (κ2) is 8.60. The Kier molecular flexibility index (Phi) is 6.01. The first-order valence-electron chi connectivity index (χ1n) is 9.33. The predicted octanol–water partition coefficient (Wildman–Crippen LogP) is 9.35. The molecule has 4 rings (SSSR count). The smallest absolute Gasteiger partial charge is 0.166 e. The molecule has 0 fully saturated rings. The lowest BCUT2D eigenvalue weighted by Gasteiger charge is -2.06. The molecule has 0 unspecified atom stereocenters. The van der Waals surface area contributed by atoms with Gasteiger partial charge < -0.3 is 0 Å². The number of benzene rings is 2. The van der Waals surface area contributed by atoms with Crippen molar-refractivity contribution in [2.45, 2.75) is 12.4 Å². The van der Waals surface area contributed by atoms with Crippen LogP contribution in [0.1, 0.15) is 20.9 Å². The molecule has 0 aliphatic carbocycles. The van der Waals surface area contributed by atoms with Crippen LogP contribution in [0.25, 0.3) is 33.0 Å². The van der Waals surface area contributed by atoms with E-state index in [1.54, 1.807) is 0 Å². The van der Waals surface area contributed by atoms with Gasteiger partial charge in [0.15, 0.2) is 0 Å². The van der Waals surface area contributed by atoms with Gasteiger partial charge in [-0.15, -0.1) is 22.7 Å². The van der Waals surface area contributed by atoms with Crippen LogP contribution in [0.15, 0.2) is 72.8 Å². The zero-order valence-corrected chi connectivity index (χ0v) is 17.8. The van der Waals surface area contributed by atoms with Crippen molar-refractivity contribution in [1.29, 1.82) is 0 Å². The maximum absolute atomic E-state index is 12.7. The number of hydrogen-bond donors (Lipinski definition) is 0. The number of rotatable bonds is 4. The van der Waals surface area contributed by atoms with Crippen molar-refractivity contribution < 1.29 is 26.3 Å². The van der Waals surface area contributed by atoms with Gasteiger partial charge in [0.05, 0.1) is 11.1 Å². The van der Waals surface area contributed by atoms with Crippen molar-refractivity contribution in [1.82, 2.24) is 0 Å². The van der Waals surface area contributed by atoms with E-state index in [0.29, 0.717) is 11.1 Å². The van der Waals surface area contributed by atoms with Crippen LogP contribution < -0.4 is 0 Å². The van der Waals surface area contributed by atoms with Crippen LogP contribution in [0.3, 0.4) is 0 Å². The third-order valence-electron chi connectivity index (χ3n) is 4.66. The molecule has 2 aromatic carbocycles. The van der Waals surface area contributed by atoms with Crippen molar-refractivity contribution in [2.24, 2.45) is 0 Å². The fourth-order valence-corrected chi connectivity index (χ4v) is 4.84. The van der Waals surface area contributed by atoms with E-state index in [0.717, 1.165) is 43.8 Å². The molecule has 2 aromatic heterocycles. The van der Waals surface area contributed by atoms with E-state index in [1.807, 2.05) is 36.4 Å². The molecule has 0 aliphatic rings. The van der Waals surface area contributed by atoms with Crippen LogP contribution in [0.2, 0.25) is 0 Å². The Morgan fingerprint density at radius 2 is 0.812 bits per heavy atom. The molecule has 0 atom stereocenters. The maximum Gasteiger partial charge on any atom is 0.416 e. The summed E-state index contributed by atoms with van der Waals surface area (Å²) in [5.41, 5.74) is 0.0608. The molecule has 2 heterocycles. The molecule has 4 aromatic rings. The van der Waals surface area contributed by atoms with E-state index in [9.17, 15) is 26.3 Å². The Bertz CT molecular complexity index is 1130. The second-order valence-electron chi connectivity index (χ2n) is 6.89. The van der Waals surface area contributed by atoms with Crippen molar-refractivity contribution in [3.8, 4) is 20.9 Å². The van der Waals surface area contributed by atoms with Crippen molar-refractivity contribution in [3.63, 3.8) is 0 Å². The number of thiophene rings is 2. The molecule has 0 nitrogen and oxygen atoms in total. The van der Waals surface area contributed by atoms with Crippen LogP contribution in [0.4, 0.5) is 26.3 Å². The monoisotopic (exact) mass is 480 g/mol. The molecule has 0 N–H and O–H groups in total. The van der Waals surface area contributed by atoms with Crippen molar-refractivity contribution in [2.75, 3.05) is 0 Å². The Morgan fingerprint density at radius 1 is 0.469 bits per heavy atom. The molecule has 0 spiro atoms. The van der Waals surface area contributed by atoms with Gasteiger partial charge in [0.25, 0.3) is 0 Å². The fraction of sp³-hybridized carbons (Fsp3) is 0.0833. The molecule has 0 amide bonds. The third-order valence-corrected chi connectivity index (χ3v) is 6.86. The summed E-state index contributed by atoms with van der Waals surface area (Å²) in [6.07, 6.45) is -4.91. The first kappa shape index (κ1) is 22.4. The van der Waals surface area contributed by atoms with Gasteiger partial charge in [-0.3, -0.25) is 0 Å². The highest BCUT2D eigenvalue weighted by Gasteiger charge is 2.30. The summed E-state index contributed by atoms with van der Waals surface area (Å²) in [6, 6.07) is 17.6. The minimum Gasteiger partial charge on any atom is -0.166 e. The fourth-order valence-electron chi connectivity index (χ4n) is 3.01. The largest absolute Gasteiger partial charge is 0.416 e. The first-order valence-corrected chi connectivity index (χ1v) is 11.0. The van der Waals surface area contributed by atoms with Gasteiger partial charge in [0.2, 0.25) is 0 Å². The average molecular weight is 480 g/mol. The van der Waals surface area contributed by atoms with Gasteiger partial charge in [-0.25, -0.2) is 0 Å². The molecule has 8 heteroatoms. The van der Waals surface area contributed by atoms with E-state index in [-0.39, 0.29) is 0 Å². The van der Waals surface area contributed by atoms with Gasteiger partial charge in [0.1, 0.15) is 0 Å². The van der Waals surface area contributed by atoms with Crippen molar-refractivity contribution in [3.05, 3.63) is 93.7 Å². The van der Waals surface area contributed by atoms with E-state index in [2.05, 4.69) is 0 Å². The topological polar surface area (TPSA) is 0 Å². The standard InChI is InChI=1S/C24H14F6S2/c25-23(26,27)17-5-1-15(2-6-17)21-13-11-19(31-21)9-10-20-12-14-22(32-20)16-3-7-18(8-4-16)24(28,29)30/h1-14H/b10-9+. The van der Waals surface area contributed by atoms with Crippen LogP contribution in [0, 0.1) is 0 Å². The van der Waals surface area contributed by atoms with E-state index < -0.39 is 23.5 Å². The molecule has 0 saturated carbocycles. The van der Waals surface area contributed by atoms with Crippen LogP contribution in [-0.2, 0) is 12.4 Å². The summed E-state index contributed by atoms with van der Waals surface area (Å²) in [5, 5.41) is 0. The summed E-state index contributed by atoms with van der Waals surface area (Å²) in [5.74, 6) is 0. The summed E-state index contributed by atoms with van der Waals surface area (Å²) < 4.78 is 76.3. The summed E-state index contributed by atoms with van der Waals surface area (Å²) in [4.78, 5) is 3.58. The van der Waals surface area contributed by atoms with Gasteiger partial charge in [-0.05, 0) is 71.8 Å². The van der Waals surface area contributed by atoms with E-state index in [1.165, 1.54) is 46.9 Å². The SMILES string of the molecule is FC(F)(F)c1ccc(-c2ccc(/C=C/c3ccc(-c4ccc(C(F)(F)F)cc4)s3)s2)cc1. The zero-order chi connectivity index (χ0) is 22.9. The Morgan fingerprint density at radius 3 is 1.12 bits per heavy atom. The van der Waals surface area contributed by atoms with E-state index >= 15 is 0 Å². The van der Waals surface area contributed by atoms with Gasteiger partial charge in [-0.1, -0.05) is 24.3 Å². The number of hydrogen-bond acceptors (Lipinski definition) is 2. The number of alkyl halides is 6. The third kappa shape index (κ3) is 5.14. The van der Waals surface area contributed by atoms with Crippen LogP contribution >= 0.6 is 22.7 Å². The second-order valence-corrected chi connectivity index (χ2v) is 9.12. The Balaban J connectivity index is 1.46. The minimum absolute atomic E-state index is 0.681. The average Bonchev–Trinajstić information content (AvgIpc) is 3.41. The molecule has 0 radical (unpaired) electrons. The molecule has 164 valence electrons. The normalized spacial score (nSPS) is 12.6. The van der Waals surface area contributed by atoms with Gasteiger partial charge in [0, 0.05) is 19.5 Å². The number of halogens is 6. The lowest BCUT2D eigenvalue weighted by atomic mass is 10.1. The highest BCUT2D eigenvalue weighted by molar-refractivity contribution is 7.17. The highest BCUT2D eigenvalue weighted by atomic mass is 32.1. The van der Waals surface area contributed by atoms with Gasteiger partial charge in [-0.2, -0.15) is 26.3 Å².